The van der Waals surface area contributed by atoms with E-state index in [-0.39, 0.29) is 11.7 Å². The van der Waals surface area contributed by atoms with Crippen LogP contribution in [0.2, 0.25) is 0 Å². The summed E-state index contributed by atoms with van der Waals surface area (Å²) in [6, 6.07) is 4.13. The van der Waals surface area contributed by atoms with Crippen LogP contribution in [0.4, 0.5) is 19.1 Å². The zero-order valence-electron chi connectivity index (χ0n) is 15.1. The van der Waals surface area contributed by atoms with E-state index in [9.17, 15) is 18.0 Å². The molecule has 1 aromatic carbocycles. The summed E-state index contributed by atoms with van der Waals surface area (Å²) < 4.78 is 51.2. The fraction of sp³-hybridized carbons (Fsp3) is 0.389. The number of ketones is 1. The normalized spacial score (nSPS) is 19.0. The summed E-state index contributed by atoms with van der Waals surface area (Å²) in [6.07, 6.45) is -3.18. The summed E-state index contributed by atoms with van der Waals surface area (Å²) in [5, 5.41) is 6.53. The number of halogens is 3. The Kier molecular flexibility index (Phi) is 4.28. The van der Waals surface area contributed by atoms with Gasteiger partial charge in [0.25, 0.3) is 5.82 Å². The third-order valence-electron chi connectivity index (χ3n) is 4.84. The highest BCUT2D eigenvalue weighted by molar-refractivity contribution is 5.99. The third kappa shape index (κ3) is 2.88. The van der Waals surface area contributed by atoms with Gasteiger partial charge in [-0.2, -0.15) is 18.2 Å². The fourth-order valence-corrected chi connectivity index (χ4v) is 3.61. The van der Waals surface area contributed by atoms with Crippen LogP contribution in [-0.2, 0) is 11.0 Å². The van der Waals surface area contributed by atoms with Crippen LogP contribution in [0.5, 0.6) is 11.5 Å². The van der Waals surface area contributed by atoms with E-state index in [1.165, 1.54) is 14.2 Å². The number of allylic oxidation sites excluding steroid dienone is 2. The number of hydrogen-bond donors (Lipinski definition) is 1. The summed E-state index contributed by atoms with van der Waals surface area (Å²) in [7, 11) is 2.95. The topological polar surface area (TPSA) is 78.3 Å². The van der Waals surface area contributed by atoms with Crippen LogP contribution in [0.15, 0.2) is 29.5 Å². The Hall–Kier alpha value is -3.04. The summed E-state index contributed by atoms with van der Waals surface area (Å²) >= 11 is 0. The average molecular weight is 394 g/mol. The first kappa shape index (κ1) is 18.3. The summed E-state index contributed by atoms with van der Waals surface area (Å²) in [6.45, 7) is 0. The number of carbonyl (C=O) groups excluding carboxylic acids is 1. The van der Waals surface area contributed by atoms with Gasteiger partial charge >= 0.3 is 6.18 Å². The molecule has 10 heteroatoms. The first-order valence-electron chi connectivity index (χ1n) is 8.62. The van der Waals surface area contributed by atoms with Crippen molar-refractivity contribution < 1.29 is 27.4 Å². The Bertz CT molecular complexity index is 981. The molecule has 2 aromatic rings. The molecule has 7 nitrogen and oxygen atoms in total. The van der Waals surface area contributed by atoms with Gasteiger partial charge in [-0.25, -0.2) is 4.68 Å². The minimum Gasteiger partial charge on any atom is -0.493 e. The molecule has 1 aromatic heterocycles. The third-order valence-corrected chi connectivity index (χ3v) is 4.84. The number of aromatic nitrogens is 3. The van der Waals surface area contributed by atoms with Gasteiger partial charge < -0.3 is 14.8 Å². The lowest BCUT2D eigenvalue weighted by atomic mass is 9.85. The smallest absolute Gasteiger partial charge is 0.453 e. The lowest BCUT2D eigenvalue weighted by Crippen LogP contribution is -2.31. The van der Waals surface area contributed by atoms with E-state index in [1.807, 2.05) is 0 Å². The van der Waals surface area contributed by atoms with Crippen LogP contribution in [0.3, 0.4) is 0 Å². The molecule has 0 saturated carbocycles. The molecule has 4 rings (SSSR count). The van der Waals surface area contributed by atoms with E-state index in [4.69, 9.17) is 9.47 Å². The molecule has 0 radical (unpaired) electrons. The van der Waals surface area contributed by atoms with Gasteiger partial charge in [0.15, 0.2) is 17.3 Å². The molecule has 148 valence electrons. The molecule has 2 aliphatic rings. The van der Waals surface area contributed by atoms with Gasteiger partial charge in [0.2, 0.25) is 5.95 Å². The molecule has 1 aliphatic heterocycles. The number of Topliss-reactive ketones (excluding diaryl/α,β-unsaturated/α-hetero) is 1. The number of alkyl halides is 3. The van der Waals surface area contributed by atoms with Crippen molar-refractivity contribution in [2.45, 2.75) is 31.5 Å². The molecule has 28 heavy (non-hydrogen) atoms. The van der Waals surface area contributed by atoms with E-state index < -0.39 is 18.0 Å². The Morgan fingerprint density at radius 2 is 1.93 bits per heavy atom. The number of nitrogens with zero attached hydrogens (tertiary/aromatic N) is 3. The van der Waals surface area contributed by atoms with Crippen LogP contribution in [-0.4, -0.2) is 34.8 Å². The fourth-order valence-electron chi connectivity index (χ4n) is 3.61. The molecule has 2 heterocycles. The van der Waals surface area contributed by atoms with Gasteiger partial charge in [-0.15, -0.1) is 5.10 Å². The molecule has 0 bridgehead atoms. The van der Waals surface area contributed by atoms with Crippen molar-refractivity contribution in [3.8, 4) is 11.5 Å². The number of ether oxygens (including phenoxy) is 2. The maximum absolute atomic E-state index is 13.2. The highest BCUT2D eigenvalue weighted by atomic mass is 19.4. The molecule has 1 aliphatic carbocycles. The van der Waals surface area contributed by atoms with Crippen LogP contribution in [0, 0.1) is 0 Å². The SMILES string of the molecule is COc1ccc([C@@H]2C3=C(CCCC3=O)Nc3nc(C(F)(F)F)nn32)cc1OC. The van der Waals surface area contributed by atoms with Gasteiger partial charge in [0.05, 0.1) is 14.2 Å². The first-order valence-corrected chi connectivity index (χ1v) is 8.62. The average Bonchev–Trinajstić information content (AvgIpc) is 3.10. The maximum Gasteiger partial charge on any atom is 0.453 e. The summed E-state index contributed by atoms with van der Waals surface area (Å²) in [5.74, 6) is -0.544. The lowest BCUT2D eigenvalue weighted by Gasteiger charge is -2.32. The van der Waals surface area contributed by atoms with Crippen LogP contribution >= 0.6 is 0 Å². The number of nitrogens with one attached hydrogen (secondary N) is 1. The minimum atomic E-state index is -4.70. The number of methoxy groups -OCH3 is 2. The quantitative estimate of drug-likeness (QED) is 0.861. The maximum atomic E-state index is 13.2. The second kappa shape index (κ2) is 6.54. The molecule has 1 N–H and O–H groups in total. The molecule has 0 fully saturated rings. The number of benzene rings is 1. The number of anilines is 1. The summed E-state index contributed by atoms with van der Waals surface area (Å²) in [5.41, 5.74) is 1.55. The molecular weight excluding hydrogens is 377 g/mol. The van der Waals surface area contributed by atoms with Crippen molar-refractivity contribution in [2.24, 2.45) is 0 Å². The summed E-state index contributed by atoms with van der Waals surface area (Å²) in [4.78, 5) is 16.3. The van der Waals surface area contributed by atoms with E-state index in [0.717, 1.165) is 4.68 Å². The van der Waals surface area contributed by atoms with Crippen molar-refractivity contribution >= 4 is 11.7 Å². The van der Waals surface area contributed by atoms with Gasteiger partial charge in [-0.05, 0) is 30.5 Å². The van der Waals surface area contributed by atoms with Crippen LogP contribution in [0.25, 0.3) is 0 Å². The molecule has 0 saturated heterocycles. The van der Waals surface area contributed by atoms with E-state index in [1.54, 1.807) is 18.2 Å². The number of hydrogen-bond acceptors (Lipinski definition) is 6. The second-order valence-electron chi connectivity index (χ2n) is 6.51. The van der Waals surface area contributed by atoms with Gasteiger partial charge in [-0.1, -0.05) is 6.07 Å². The zero-order chi connectivity index (χ0) is 20.1. The van der Waals surface area contributed by atoms with Crippen molar-refractivity contribution in [2.75, 3.05) is 19.5 Å². The first-order chi connectivity index (χ1) is 13.3. The van der Waals surface area contributed by atoms with Crippen molar-refractivity contribution in [3.63, 3.8) is 0 Å². The highest BCUT2D eigenvalue weighted by Gasteiger charge is 2.42. The largest absolute Gasteiger partial charge is 0.493 e. The van der Waals surface area contributed by atoms with Gasteiger partial charge in [0, 0.05) is 17.7 Å². The van der Waals surface area contributed by atoms with Gasteiger partial charge in [-0.3, -0.25) is 4.79 Å². The zero-order valence-corrected chi connectivity index (χ0v) is 15.1. The molecule has 0 spiro atoms. The molecule has 1 atom stereocenters. The standard InChI is InChI=1S/C18H17F3N4O3/c1-27-12-7-6-9(8-13(12)28-2)15-14-10(4-3-5-11(14)26)22-17-23-16(18(19,20)21)24-25(15)17/h6-8,15H,3-5H2,1-2H3,(H,22,23,24)/t15-/m1/s1. The molecule has 0 unspecified atom stereocenters. The second-order valence-corrected chi connectivity index (χ2v) is 6.51. The van der Waals surface area contributed by atoms with Crippen molar-refractivity contribution in [1.82, 2.24) is 14.8 Å². The Balaban J connectivity index is 1.91. The van der Waals surface area contributed by atoms with Gasteiger partial charge in [0.1, 0.15) is 6.04 Å². The molecule has 0 amide bonds. The Labute approximate surface area is 158 Å². The predicted molar refractivity (Wildman–Crippen MR) is 92.2 cm³/mol. The Morgan fingerprint density at radius 1 is 1.18 bits per heavy atom. The number of carbonyl (C=O) groups is 1. The van der Waals surface area contributed by atoms with Crippen molar-refractivity contribution in [3.05, 3.63) is 40.9 Å². The van der Waals surface area contributed by atoms with Crippen LogP contribution in [0.1, 0.15) is 36.7 Å². The number of fused-ring (bicyclic) bond motifs is 1. The van der Waals surface area contributed by atoms with Crippen LogP contribution < -0.4 is 14.8 Å². The molecular formula is C18H17F3N4O3. The highest BCUT2D eigenvalue weighted by Crippen LogP contribution is 2.43. The van der Waals surface area contributed by atoms with E-state index >= 15 is 0 Å². The lowest BCUT2D eigenvalue weighted by molar-refractivity contribution is -0.145. The van der Waals surface area contributed by atoms with E-state index in [2.05, 4.69) is 15.4 Å². The monoisotopic (exact) mass is 394 g/mol. The van der Waals surface area contributed by atoms with E-state index in [0.29, 0.717) is 47.6 Å². The number of rotatable bonds is 3. The minimum absolute atomic E-state index is 0.0411. The predicted octanol–water partition coefficient (Wildman–Crippen LogP) is 3.34. The van der Waals surface area contributed by atoms with Crippen molar-refractivity contribution in [1.29, 1.82) is 0 Å². The Morgan fingerprint density at radius 3 is 2.61 bits per heavy atom.